The van der Waals surface area contributed by atoms with Gasteiger partial charge in [0.15, 0.2) is 0 Å². The molecule has 0 aliphatic rings. The van der Waals surface area contributed by atoms with Crippen molar-refractivity contribution in [2.24, 2.45) is 0 Å². The summed E-state index contributed by atoms with van der Waals surface area (Å²) in [6.07, 6.45) is 1.28. The molecule has 0 aliphatic carbocycles. The van der Waals surface area contributed by atoms with E-state index in [1.54, 1.807) is 42.5 Å². The second kappa shape index (κ2) is 9.50. The lowest BCUT2D eigenvalue weighted by molar-refractivity contribution is 0.0955. The Kier molecular flexibility index (Phi) is 7.03. The Morgan fingerprint density at radius 1 is 0.966 bits per heavy atom. The minimum Gasteiger partial charge on any atom is -0.382 e. The molecular formula is C19H14Cl4N4O2. The number of hydrogen-bond acceptors (Lipinski definition) is 4. The fraction of sp³-hybridized carbons (Fsp3) is 0.105. The van der Waals surface area contributed by atoms with Gasteiger partial charge in [-0.15, -0.1) is 0 Å². The van der Waals surface area contributed by atoms with Gasteiger partial charge < -0.3 is 10.6 Å². The number of anilines is 1. The van der Waals surface area contributed by atoms with E-state index in [9.17, 15) is 9.59 Å². The number of carbonyl (C=O) groups excluding carboxylic acids is 1. The lowest BCUT2D eigenvalue weighted by Gasteiger charge is -2.12. The number of halogens is 4. The number of carbonyl (C=O) groups is 1. The summed E-state index contributed by atoms with van der Waals surface area (Å²) in [6.45, 7) is 0.788. The van der Waals surface area contributed by atoms with E-state index >= 15 is 0 Å². The van der Waals surface area contributed by atoms with Gasteiger partial charge in [-0.1, -0.05) is 58.5 Å². The highest BCUT2D eigenvalue weighted by atomic mass is 35.5. The molecule has 0 saturated carbocycles. The molecule has 1 amide bonds. The zero-order valence-electron chi connectivity index (χ0n) is 14.8. The maximum atomic E-state index is 12.2. The van der Waals surface area contributed by atoms with Gasteiger partial charge in [0.05, 0.1) is 38.2 Å². The van der Waals surface area contributed by atoms with Crippen molar-refractivity contribution in [3.63, 3.8) is 0 Å². The molecule has 150 valence electrons. The van der Waals surface area contributed by atoms with E-state index < -0.39 is 5.56 Å². The van der Waals surface area contributed by atoms with Crippen LogP contribution in [0.4, 0.5) is 5.69 Å². The van der Waals surface area contributed by atoms with Crippen LogP contribution in [0.25, 0.3) is 5.69 Å². The molecule has 3 rings (SSSR count). The summed E-state index contributed by atoms with van der Waals surface area (Å²) in [5, 5.41) is 10.6. The molecule has 0 aliphatic heterocycles. The van der Waals surface area contributed by atoms with Gasteiger partial charge in [-0.25, -0.2) is 0 Å². The molecule has 0 bridgehead atoms. The lowest BCUT2D eigenvalue weighted by atomic mass is 10.2. The van der Waals surface area contributed by atoms with Crippen molar-refractivity contribution in [1.29, 1.82) is 0 Å². The van der Waals surface area contributed by atoms with Crippen LogP contribution in [-0.2, 0) is 0 Å². The standard InChI is InChI=1S/C19H14Cl4N4O2/c20-13-4-2-1-3-12(13)18(28)25-8-7-24-16-6-5-11(9-14(16)21)27-19(29)17(23)15(22)10-26-27/h1-6,9-10,24H,7-8H2,(H,25,28). The van der Waals surface area contributed by atoms with Crippen LogP contribution in [0.1, 0.15) is 10.4 Å². The van der Waals surface area contributed by atoms with Gasteiger partial charge in [0.1, 0.15) is 5.02 Å². The Bertz CT molecular complexity index is 1120. The SMILES string of the molecule is O=C(NCCNc1ccc(-n2ncc(Cl)c(Cl)c2=O)cc1Cl)c1ccccc1Cl. The predicted octanol–water partition coefficient (Wildman–Crippen LogP) is 4.69. The molecule has 0 atom stereocenters. The third-order valence-electron chi connectivity index (χ3n) is 3.92. The molecule has 3 aromatic rings. The van der Waals surface area contributed by atoms with Gasteiger partial charge in [-0.3, -0.25) is 9.59 Å². The zero-order valence-corrected chi connectivity index (χ0v) is 17.8. The van der Waals surface area contributed by atoms with Gasteiger partial charge >= 0.3 is 0 Å². The molecule has 0 spiro atoms. The molecular weight excluding hydrogens is 458 g/mol. The summed E-state index contributed by atoms with van der Waals surface area (Å²) in [5.74, 6) is -0.260. The molecule has 0 unspecified atom stereocenters. The van der Waals surface area contributed by atoms with Crippen LogP contribution in [0, 0.1) is 0 Å². The summed E-state index contributed by atoms with van der Waals surface area (Å²) < 4.78 is 1.10. The fourth-order valence-electron chi connectivity index (χ4n) is 2.49. The van der Waals surface area contributed by atoms with Crippen molar-refractivity contribution in [3.8, 4) is 5.69 Å². The Labute approximate surface area is 186 Å². The van der Waals surface area contributed by atoms with Crippen LogP contribution in [-0.4, -0.2) is 28.8 Å². The zero-order chi connectivity index (χ0) is 21.0. The van der Waals surface area contributed by atoms with Crippen molar-refractivity contribution in [2.45, 2.75) is 0 Å². The predicted molar refractivity (Wildman–Crippen MR) is 117 cm³/mol. The minimum atomic E-state index is -0.543. The monoisotopic (exact) mass is 470 g/mol. The second-order valence-corrected chi connectivity index (χ2v) is 7.45. The first-order valence-corrected chi connectivity index (χ1v) is 9.89. The van der Waals surface area contributed by atoms with Crippen LogP contribution in [0.15, 0.2) is 53.5 Å². The Balaban J connectivity index is 1.62. The molecule has 2 aromatic carbocycles. The number of aromatic nitrogens is 2. The van der Waals surface area contributed by atoms with Crippen LogP contribution >= 0.6 is 46.4 Å². The number of amides is 1. The summed E-state index contributed by atoms with van der Waals surface area (Å²) in [4.78, 5) is 24.3. The van der Waals surface area contributed by atoms with Crippen molar-refractivity contribution in [2.75, 3.05) is 18.4 Å². The van der Waals surface area contributed by atoms with E-state index in [0.29, 0.717) is 40.1 Å². The number of hydrogen-bond donors (Lipinski definition) is 2. The average molecular weight is 472 g/mol. The lowest BCUT2D eigenvalue weighted by Crippen LogP contribution is -2.29. The quantitative estimate of drug-likeness (QED) is 0.511. The maximum Gasteiger partial charge on any atom is 0.291 e. The van der Waals surface area contributed by atoms with Crippen molar-refractivity contribution in [1.82, 2.24) is 15.1 Å². The van der Waals surface area contributed by atoms with Gasteiger partial charge in [-0.05, 0) is 30.3 Å². The summed E-state index contributed by atoms with van der Waals surface area (Å²) in [5.41, 5.74) is 0.945. The minimum absolute atomic E-state index is 0.0798. The molecule has 0 fully saturated rings. The topological polar surface area (TPSA) is 76.0 Å². The molecule has 0 saturated heterocycles. The van der Waals surface area contributed by atoms with Crippen molar-refractivity contribution >= 4 is 58.0 Å². The van der Waals surface area contributed by atoms with Crippen LogP contribution < -0.4 is 16.2 Å². The third kappa shape index (κ3) is 5.03. The van der Waals surface area contributed by atoms with Gasteiger partial charge in [0.25, 0.3) is 11.5 Å². The normalized spacial score (nSPS) is 10.6. The molecule has 1 heterocycles. The van der Waals surface area contributed by atoms with E-state index in [2.05, 4.69) is 15.7 Å². The van der Waals surface area contributed by atoms with Crippen molar-refractivity contribution < 1.29 is 4.79 Å². The largest absolute Gasteiger partial charge is 0.382 e. The molecule has 6 nitrogen and oxygen atoms in total. The molecule has 1 aromatic heterocycles. The van der Waals surface area contributed by atoms with E-state index in [4.69, 9.17) is 46.4 Å². The molecule has 2 N–H and O–H groups in total. The molecule has 29 heavy (non-hydrogen) atoms. The Hall–Kier alpha value is -2.25. The van der Waals surface area contributed by atoms with Gasteiger partial charge in [0.2, 0.25) is 0 Å². The van der Waals surface area contributed by atoms with E-state index in [0.717, 1.165) is 4.68 Å². The highest BCUT2D eigenvalue weighted by Gasteiger charge is 2.11. The van der Waals surface area contributed by atoms with Crippen LogP contribution in [0.3, 0.4) is 0 Å². The first-order valence-electron chi connectivity index (χ1n) is 8.38. The Morgan fingerprint density at radius 3 is 2.45 bits per heavy atom. The Morgan fingerprint density at radius 2 is 1.72 bits per heavy atom. The molecule has 0 radical (unpaired) electrons. The maximum absolute atomic E-state index is 12.2. The first-order chi connectivity index (χ1) is 13.9. The van der Waals surface area contributed by atoms with E-state index in [1.165, 1.54) is 6.20 Å². The highest BCUT2D eigenvalue weighted by molar-refractivity contribution is 6.41. The van der Waals surface area contributed by atoms with E-state index in [-0.39, 0.29) is 16.0 Å². The first kappa shape index (κ1) is 21.5. The number of nitrogens with one attached hydrogen (secondary N) is 2. The van der Waals surface area contributed by atoms with Crippen LogP contribution in [0.2, 0.25) is 20.1 Å². The summed E-state index contributed by atoms with van der Waals surface area (Å²) >= 11 is 24.0. The second-order valence-electron chi connectivity index (χ2n) is 5.85. The highest BCUT2D eigenvalue weighted by Crippen LogP contribution is 2.24. The third-order valence-corrected chi connectivity index (χ3v) is 5.31. The summed E-state index contributed by atoms with van der Waals surface area (Å²) in [6, 6.07) is 11.7. The number of benzene rings is 2. The summed E-state index contributed by atoms with van der Waals surface area (Å²) in [7, 11) is 0. The van der Waals surface area contributed by atoms with Crippen LogP contribution in [0.5, 0.6) is 0 Å². The average Bonchev–Trinajstić information content (AvgIpc) is 2.70. The van der Waals surface area contributed by atoms with Crippen molar-refractivity contribution in [3.05, 3.63) is 84.7 Å². The van der Waals surface area contributed by atoms with Gasteiger partial charge in [0, 0.05) is 13.1 Å². The van der Waals surface area contributed by atoms with Gasteiger partial charge in [-0.2, -0.15) is 9.78 Å². The smallest absolute Gasteiger partial charge is 0.291 e. The molecule has 10 heteroatoms. The fourth-order valence-corrected chi connectivity index (χ4v) is 3.21. The number of rotatable bonds is 6. The van der Waals surface area contributed by atoms with E-state index in [1.807, 2.05) is 0 Å². The number of nitrogens with zero attached hydrogens (tertiary/aromatic N) is 2.